The topological polar surface area (TPSA) is 55.1 Å². The Morgan fingerprint density at radius 3 is 2.63 bits per heavy atom. The smallest absolute Gasteiger partial charge is 0.224 e. The molecule has 2 aromatic rings. The highest BCUT2D eigenvalue weighted by atomic mass is 16.5. The van der Waals surface area contributed by atoms with E-state index < -0.39 is 0 Å². The van der Waals surface area contributed by atoms with Crippen LogP contribution >= 0.6 is 0 Å². The molecule has 100 valence electrons. The van der Waals surface area contributed by atoms with Gasteiger partial charge in [0, 0.05) is 12.1 Å². The van der Waals surface area contributed by atoms with Crippen molar-refractivity contribution in [3.05, 3.63) is 52.9 Å². The summed E-state index contributed by atoms with van der Waals surface area (Å²) in [4.78, 5) is 11.8. The van der Waals surface area contributed by atoms with E-state index in [9.17, 15) is 4.79 Å². The zero-order valence-electron chi connectivity index (χ0n) is 11.3. The maximum absolute atomic E-state index is 11.8. The minimum Gasteiger partial charge on any atom is -0.361 e. The molecule has 0 saturated carbocycles. The van der Waals surface area contributed by atoms with Crippen molar-refractivity contribution in [2.75, 3.05) is 6.54 Å². The number of nitrogens with zero attached hydrogens (tertiary/aromatic N) is 1. The summed E-state index contributed by atoms with van der Waals surface area (Å²) < 4.78 is 5.04. The molecule has 1 N–H and O–H groups in total. The molecule has 2 rings (SSSR count). The zero-order chi connectivity index (χ0) is 13.7. The summed E-state index contributed by atoms with van der Waals surface area (Å²) in [6, 6.07) is 10.1. The Morgan fingerprint density at radius 2 is 2.00 bits per heavy atom. The van der Waals surface area contributed by atoms with Crippen molar-refractivity contribution in [1.29, 1.82) is 0 Å². The van der Waals surface area contributed by atoms with Gasteiger partial charge in [0.05, 0.1) is 12.1 Å². The van der Waals surface area contributed by atoms with Crippen LogP contribution in [0.5, 0.6) is 0 Å². The Morgan fingerprint density at radius 1 is 1.26 bits per heavy atom. The average molecular weight is 258 g/mol. The predicted octanol–water partition coefficient (Wildman–Crippen LogP) is 2.19. The average Bonchev–Trinajstić information content (AvgIpc) is 2.72. The van der Waals surface area contributed by atoms with E-state index in [1.165, 1.54) is 5.56 Å². The molecular formula is C15H18N2O2. The van der Waals surface area contributed by atoms with E-state index in [0.29, 0.717) is 13.0 Å². The number of benzene rings is 1. The van der Waals surface area contributed by atoms with E-state index in [1.54, 1.807) is 0 Å². The Bertz CT molecular complexity index is 527. The van der Waals surface area contributed by atoms with Crippen molar-refractivity contribution >= 4 is 5.91 Å². The third-order valence-electron chi connectivity index (χ3n) is 3.10. The Kier molecular flexibility index (Phi) is 4.34. The minimum atomic E-state index is 0.00494. The van der Waals surface area contributed by atoms with Crippen molar-refractivity contribution in [2.24, 2.45) is 0 Å². The third kappa shape index (κ3) is 3.68. The molecule has 1 aromatic carbocycles. The van der Waals surface area contributed by atoms with Gasteiger partial charge < -0.3 is 9.84 Å². The highest BCUT2D eigenvalue weighted by molar-refractivity contribution is 5.78. The number of hydrogen-bond donors (Lipinski definition) is 1. The van der Waals surface area contributed by atoms with Crippen molar-refractivity contribution in [3.8, 4) is 0 Å². The molecule has 0 atom stereocenters. The highest BCUT2D eigenvalue weighted by Crippen LogP contribution is 2.12. The lowest BCUT2D eigenvalue weighted by atomic mass is 10.1. The number of carbonyl (C=O) groups is 1. The standard InChI is InChI=1S/C15H18N2O2/c1-11-14(12(2)19-17-11)10-15(18)16-9-8-13-6-4-3-5-7-13/h3-7H,8-10H2,1-2H3,(H,16,18). The quantitative estimate of drug-likeness (QED) is 0.894. The third-order valence-corrected chi connectivity index (χ3v) is 3.10. The molecule has 1 amide bonds. The lowest BCUT2D eigenvalue weighted by molar-refractivity contribution is -0.120. The predicted molar refractivity (Wildman–Crippen MR) is 72.8 cm³/mol. The lowest BCUT2D eigenvalue weighted by Crippen LogP contribution is -2.27. The first-order valence-electron chi connectivity index (χ1n) is 6.39. The summed E-state index contributed by atoms with van der Waals surface area (Å²) in [5, 5.41) is 6.76. The zero-order valence-corrected chi connectivity index (χ0v) is 11.3. The normalized spacial score (nSPS) is 10.4. The number of hydrogen-bond acceptors (Lipinski definition) is 3. The molecule has 0 fully saturated rings. The van der Waals surface area contributed by atoms with Gasteiger partial charge in [0.25, 0.3) is 0 Å². The molecule has 0 aliphatic heterocycles. The van der Waals surface area contributed by atoms with Crippen molar-refractivity contribution in [1.82, 2.24) is 10.5 Å². The lowest BCUT2D eigenvalue weighted by Gasteiger charge is -2.05. The van der Waals surface area contributed by atoms with E-state index >= 15 is 0 Å². The second kappa shape index (κ2) is 6.18. The van der Waals surface area contributed by atoms with Crippen LogP contribution in [0, 0.1) is 13.8 Å². The van der Waals surface area contributed by atoms with Crippen LogP contribution in [0.2, 0.25) is 0 Å². The molecule has 4 nitrogen and oxygen atoms in total. The first-order valence-corrected chi connectivity index (χ1v) is 6.39. The van der Waals surface area contributed by atoms with E-state index in [1.807, 2.05) is 32.0 Å². The SMILES string of the molecule is Cc1noc(C)c1CC(=O)NCCc1ccccc1. The van der Waals surface area contributed by atoms with Gasteiger partial charge >= 0.3 is 0 Å². The van der Waals surface area contributed by atoms with Crippen LogP contribution in [0.1, 0.15) is 22.6 Å². The first-order chi connectivity index (χ1) is 9.16. The number of carbonyl (C=O) groups excluding carboxylic acids is 1. The van der Waals surface area contributed by atoms with Gasteiger partial charge in [0.2, 0.25) is 5.91 Å². The fourth-order valence-electron chi connectivity index (χ4n) is 1.97. The molecule has 0 saturated heterocycles. The minimum absolute atomic E-state index is 0.00494. The molecule has 0 aliphatic carbocycles. The Labute approximate surface area is 112 Å². The fraction of sp³-hybridized carbons (Fsp3) is 0.333. The molecule has 0 radical (unpaired) electrons. The van der Waals surface area contributed by atoms with Crippen molar-refractivity contribution in [2.45, 2.75) is 26.7 Å². The number of aryl methyl sites for hydroxylation is 2. The molecular weight excluding hydrogens is 240 g/mol. The molecule has 0 unspecified atom stereocenters. The molecule has 19 heavy (non-hydrogen) atoms. The monoisotopic (exact) mass is 258 g/mol. The van der Waals surface area contributed by atoms with E-state index in [2.05, 4.69) is 22.6 Å². The van der Waals surface area contributed by atoms with Crippen LogP contribution in [0.25, 0.3) is 0 Å². The number of aromatic nitrogens is 1. The Balaban J connectivity index is 1.79. The van der Waals surface area contributed by atoms with Gasteiger partial charge in [-0.3, -0.25) is 4.79 Å². The van der Waals surface area contributed by atoms with Gasteiger partial charge in [-0.05, 0) is 25.8 Å². The molecule has 0 aliphatic rings. The largest absolute Gasteiger partial charge is 0.361 e. The number of nitrogens with one attached hydrogen (secondary N) is 1. The summed E-state index contributed by atoms with van der Waals surface area (Å²) in [6.45, 7) is 4.32. The summed E-state index contributed by atoms with van der Waals surface area (Å²) in [5.41, 5.74) is 2.90. The van der Waals surface area contributed by atoms with Gasteiger partial charge in [0.1, 0.15) is 5.76 Å². The Hall–Kier alpha value is -2.10. The van der Waals surface area contributed by atoms with E-state index in [0.717, 1.165) is 23.4 Å². The van der Waals surface area contributed by atoms with Crippen molar-refractivity contribution in [3.63, 3.8) is 0 Å². The number of amides is 1. The maximum atomic E-state index is 11.8. The van der Waals surface area contributed by atoms with Gasteiger partial charge in [-0.1, -0.05) is 35.5 Å². The van der Waals surface area contributed by atoms with Crippen molar-refractivity contribution < 1.29 is 9.32 Å². The summed E-state index contributed by atoms with van der Waals surface area (Å²) in [7, 11) is 0. The van der Waals surface area contributed by atoms with Crippen LogP contribution in [-0.2, 0) is 17.6 Å². The first kappa shape index (κ1) is 13.3. The van der Waals surface area contributed by atoms with E-state index in [-0.39, 0.29) is 5.91 Å². The van der Waals surface area contributed by atoms with Gasteiger partial charge in [-0.2, -0.15) is 0 Å². The van der Waals surface area contributed by atoms with Gasteiger partial charge in [-0.15, -0.1) is 0 Å². The fourth-order valence-corrected chi connectivity index (χ4v) is 1.97. The highest BCUT2D eigenvalue weighted by Gasteiger charge is 2.12. The second-order valence-corrected chi connectivity index (χ2v) is 4.57. The maximum Gasteiger partial charge on any atom is 0.224 e. The summed E-state index contributed by atoms with van der Waals surface area (Å²) >= 11 is 0. The van der Waals surface area contributed by atoms with E-state index in [4.69, 9.17) is 4.52 Å². The van der Waals surface area contributed by atoms with Crippen LogP contribution < -0.4 is 5.32 Å². The molecule has 0 bridgehead atoms. The number of rotatable bonds is 5. The van der Waals surface area contributed by atoms with Crippen LogP contribution in [0.15, 0.2) is 34.9 Å². The molecule has 0 spiro atoms. The molecule has 1 aromatic heterocycles. The van der Waals surface area contributed by atoms with Crippen LogP contribution in [0.3, 0.4) is 0 Å². The molecule has 4 heteroatoms. The summed E-state index contributed by atoms with van der Waals surface area (Å²) in [5.74, 6) is 0.723. The van der Waals surface area contributed by atoms with Gasteiger partial charge in [-0.25, -0.2) is 0 Å². The second-order valence-electron chi connectivity index (χ2n) is 4.57. The van der Waals surface area contributed by atoms with Crippen LogP contribution in [-0.4, -0.2) is 17.6 Å². The van der Waals surface area contributed by atoms with Gasteiger partial charge in [0.15, 0.2) is 0 Å². The van der Waals surface area contributed by atoms with Crippen LogP contribution in [0.4, 0.5) is 0 Å². The molecule has 1 heterocycles. The summed E-state index contributed by atoms with van der Waals surface area (Å²) in [6.07, 6.45) is 1.17.